The van der Waals surface area contributed by atoms with Crippen LogP contribution < -0.4 is 5.32 Å². The van der Waals surface area contributed by atoms with Gasteiger partial charge in [-0.15, -0.1) is 0 Å². The second-order valence-electron chi connectivity index (χ2n) is 7.24. The molecule has 0 saturated heterocycles. The van der Waals surface area contributed by atoms with Crippen LogP contribution in [0.5, 0.6) is 0 Å². The smallest absolute Gasteiger partial charge is 0.327 e. The van der Waals surface area contributed by atoms with Gasteiger partial charge in [0.1, 0.15) is 5.54 Å². The Hall–Kier alpha value is -0.610. The van der Waals surface area contributed by atoms with E-state index >= 15 is 0 Å². The van der Waals surface area contributed by atoms with Crippen LogP contribution in [-0.4, -0.2) is 48.7 Å². The van der Waals surface area contributed by atoms with Crippen molar-refractivity contribution >= 4 is 5.97 Å². The third-order valence-corrected chi connectivity index (χ3v) is 5.40. The fraction of sp³-hybridized carbons (Fsp3) is 0.941. The van der Waals surface area contributed by atoms with E-state index in [9.17, 15) is 4.79 Å². The standard InChI is InChI=1S/C17H30N2O2/c1-3-21-16(20)17(13-8-9-13,18-14-10-11-14)12-19(2)15-6-4-5-7-15/h13-15,18H,3-12H2,1-2H3. The van der Waals surface area contributed by atoms with E-state index in [0.717, 1.165) is 19.4 Å². The zero-order valence-electron chi connectivity index (χ0n) is 13.6. The van der Waals surface area contributed by atoms with Crippen molar-refractivity contribution in [2.75, 3.05) is 20.2 Å². The largest absolute Gasteiger partial charge is 0.465 e. The van der Waals surface area contributed by atoms with Crippen LogP contribution >= 0.6 is 0 Å². The number of rotatable bonds is 8. The third-order valence-electron chi connectivity index (χ3n) is 5.40. The average molecular weight is 294 g/mol. The van der Waals surface area contributed by atoms with Crippen LogP contribution in [0.4, 0.5) is 0 Å². The fourth-order valence-corrected chi connectivity index (χ4v) is 3.88. The molecule has 4 heteroatoms. The van der Waals surface area contributed by atoms with Crippen molar-refractivity contribution in [3.63, 3.8) is 0 Å². The maximum Gasteiger partial charge on any atom is 0.327 e. The van der Waals surface area contributed by atoms with E-state index in [1.807, 2.05) is 6.92 Å². The van der Waals surface area contributed by atoms with Gasteiger partial charge in [0.25, 0.3) is 0 Å². The van der Waals surface area contributed by atoms with Gasteiger partial charge < -0.3 is 9.64 Å². The maximum atomic E-state index is 12.7. The van der Waals surface area contributed by atoms with Crippen molar-refractivity contribution in [2.45, 2.75) is 75.9 Å². The van der Waals surface area contributed by atoms with Crippen molar-refractivity contribution in [1.29, 1.82) is 0 Å². The number of nitrogens with zero attached hydrogens (tertiary/aromatic N) is 1. The first-order valence-electron chi connectivity index (χ1n) is 8.81. The van der Waals surface area contributed by atoms with E-state index < -0.39 is 5.54 Å². The molecule has 0 radical (unpaired) electrons. The molecule has 4 nitrogen and oxygen atoms in total. The Bertz CT molecular complexity index is 373. The number of hydrogen-bond donors (Lipinski definition) is 1. The zero-order chi connectivity index (χ0) is 14.9. The van der Waals surface area contributed by atoms with Crippen molar-refractivity contribution in [1.82, 2.24) is 10.2 Å². The van der Waals surface area contributed by atoms with E-state index in [1.165, 1.54) is 38.5 Å². The van der Waals surface area contributed by atoms with Crippen LogP contribution in [0.25, 0.3) is 0 Å². The highest BCUT2D eigenvalue weighted by Gasteiger charge is 2.54. The minimum absolute atomic E-state index is 0.00996. The zero-order valence-corrected chi connectivity index (χ0v) is 13.6. The van der Waals surface area contributed by atoms with Gasteiger partial charge >= 0.3 is 5.97 Å². The number of esters is 1. The molecule has 3 aliphatic carbocycles. The normalized spacial score (nSPS) is 26.0. The first kappa shape index (κ1) is 15.3. The maximum absolute atomic E-state index is 12.7. The SMILES string of the molecule is CCOC(=O)C(CN(C)C1CCCC1)(NC1CC1)C1CC1. The van der Waals surface area contributed by atoms with Crippen LogP contribution in [0.15, 0.2) is 0 Å². The number of likely N-dealkylation sites (N-methyl/N-ethyl adjacent to an activating group) is 1. The molecule has 3 aliphatic rings. The minimum Gasteiger partial charge on any atom is -0.465 e. The summed E-state index contributed by atoms with van der Waals surface area (Å²) in [6, 6.07) is 1.19. The van der Waals surface area contributed by atoms with Gasteiger partial charge in [0, 0.05) is 18.6 Å². The molecule has 120 valence electrons. The predicted molar refractivity (Wildman–Crippen MR) is 83.1 cm³/mol. The monoisotopic (exact) mass is 294 g/mol. The molecule has 0 aromatic carbocycles. The molecule has 1 unspecified atom stereocenters. The molecule has 1 atom stereocenters. The lowest BCUT2D eigenvalue weighted by Gasteiger charge is -2.38. The van der Waals surface area contributed by atoms with Gasteiger partial charge in [-0.2, -0.15) is 0 Å². The fourth-order valence-electron chi connectivity index (χ4n) is 3.88. The number of nitrogens with one attached hydrogen (secondary N) is 1. The van der Waals surface area contributed by atoms with E-state index in [-0.39, 0.29) is 5.97 Å². The Morgan fingerprint density at radius 3 is 2.38 bits per heavy atom. The van der Waals surface area contributed by atoms with Crippen LogP contribution in [0.2, 0.25) is 0 Å². The topological polar surface area (TPSA) is 41.6 Å². The summed E-state index contributed by atoms with van der Waals surface area (Å²) < 4.78 is 5.47. The third kappa shape index (κ3) is 3.42. The van der Waals surface area contributed by atoms with Crippen molar-refractivity contribution in [3.8, 4) is 0 Å². The summed E-state index contributed by atoms with van der Waals surface area (Å²) in [6.45, 7) is 3.21. The van der Waals surface area contributed by atoms with E-state index in [2.05, 4.69) is 17.3 Å². The molecule has 0 aromatic heterocycles. The number of carbonyl (C=O) groups excluding carboxylic acids is 1. The molecule has 0 spiro atoms. The van der Waals surface area contributed by atoms with Crippen LogP contribution in [0, 0.1) is 5.92 Å². The lowest BCUT2D eigenvalue weighted by atomic mass is 9.91. The summed E-state index contributed by atoms with van der Waals surface area (Å²) >= 11 is 0. The Labute approximate surface area is 128 Å². The molecule has 3 saturated carbocycles. The highest BCUT2D eigenvalue weighted by Crippen LogP contribution is 2.43. The lowest BCUT2D eigenvalue weighted by molar-refractivity contribution is -0.153. The first-order chi connectivity index (χ1) is 10.2. The van der Waals surface area contributed by atoms with Gasteiger partial charge in [-0.25, -0.2) is 4.79 Å². The van der Waals surface area contributed by atoms with Crippen molar-refractivity contribution < 1.29 is 9.53 Å². The highest BCUT2D eigenvalue weighted by molar-refractivity contribution is 5.82. The molecular weight excluding hydrogens is 264 g/mol. The molecular formula is C17H30N2O2. The van der Waals surface area contributed by atoms with Crippen LogP contribution in [0.1, 0.15) is 58.3 Å². The van der Waals surface area contributed by atoms with E-state index in [1.54, 1.807) is 0 Å². The van der Waals surface area contributed by atoms with Gasteiger partial charge in [0.05, 0.1) is 6.61 Å². The Kier molecular flexibility index (Phi) is 4.55. The summed E-state index contributed by atoms with van der Waals surface area (Å²) in [5.41, 5.74) is -0.450. The number of carbonyl (C=O) groups is 1. The van der Waals surface area contributed by atoms with E-state index in [0.29, 0.717) is 24.6 Å². The lowest BCUT2D eigenvalue weighted by Crippen LogP contribution is -2.62. The Morgan fingerprint density at radius 2 is 1.86 bits per heavy atom. The quantitative estimate of drug-likeness (QED) is 0.698. The summed E-state index contributed by atoms with van der Waals surface area (Å²) in [7, 11) is 2.20. The molecule has 0 heterocycles. The van der Waals surface area contributed by atoms with E-state index in [4.69, 9.17) is 4.74 Å². The molecule has 0 amide bonds. The second-order valence-corrected chi connectivity index (χ2v) is 7.24. The summed E-state index contributed by atoms with van der Waals surface area (Å²) in [5, 5.41) is 3.69. The molecule has 3 rings (SSSR count). The van der Waals surface area contributed by atoms with Gasteiger partial charge in [-0.3, -0.25) is 5.32 Å². The first-order valence-corrected chi connectivity index (χ1v) is 8.81. The minimum atomic E-state index is -0.450. The molecule has 0 aliphatic heterocycles. The molecule has 3 fully saturated rings. The Morgan fingerprint density at radius 1 is 1.19 bits per heavy atom. The van der Waals surface area contributed by atoms with Crippen molar-refractivity contribution in [2.24, 2.45) is 5.92 Å². The van der Waals surface area contributed by atoms with Crippen LogP contribution in [-0.2, 0) is 9.53 Å². The molecule has 0 bridgehead atoms. The average Bonchev–Trinajstić information content (AvgIpc) is 3.38. The second kappa shape index (κ2) is 6.25. The summed E-state index contributed by atoms with van der Waals surface area (Å²) in [5.74, 6) is 0.463. The van der Waals surface area contributed by atoms with Crippen molar-refractivity contribution in [3.05, 3.63) is 0 Å². The van der Waals surface area contributed by atoms with Gasteiger partial charge in [0.2, 0.25) is 0 Å². The number of hydrogen-bond acceptors (Lipinski definition) is 4. The number of ether oxygens (including phenoxy) is 1. The van der Waals surface area contributed by atoms with Gasteiger partial charge in [-0.1, -0.05) is 12.8 Å². The summed E-state index contributed by atoms with van der Waals surface area (Å²) in [6.07, 6.45) is 9.98. The summed E-state index contributed by atoms with van der Waals surface area (Å²) in [4.78, 5) is 15.2. The molecule has 21 heavy (non-hydrogen) atoms. The predicted octanol–water partition coefficient (Wildman–Crippen LogP) is 2.32. The highest BCUT2D eigenvalue weighted by atomic mass is 16.5. The Balaban J connectivity index is 1.73. The molecule has 1 N–H and O–H groups in total. The molecule has 0 aromatic rings. The van der Waals surface area contributed by atoms with Gasteiger partial charge in [0.15, 0.2) is 0 Å². The van der Waals surface area contributed by atoms with Gasteiger partial charge in [-0.05, 0) is 58.4 Å². The van der Waals surface area contributed by atoms with Crippen LogP contribution in [0.3, 0.4) is 0 Å².